The van der Waals surface area contributed by atoms with E-state index < -0.39 is 5.97 Å². The highest BCUT2D eigenvalue weighted by Gasteiger charge is 2.09. The van der Waals surface area contributed by atoms with E-state index in [2.05, 4.69) is 6.92 Å². The maximum absolute atomic E-state index is 11.0. The van der Waals surface area contributed by atoms with Crippen molar-refractivity contribution < 1.29 is 15.0 Å². The van der Waals surface area contributed by atoms with Crippen molar-refractivity contribution in [2.24, 2.45) is 0 Å². The van der Waals surface area contributed by atoms with Crippen molar-refractivity contribution in [1.29, 1.82) is 0 Å². The van der Waals surface area contributed by atoms with Gasteiger partial charge in [-0.1, -0.05) is 96.5 Å². The van der Waals surface area contributed by atoms with Gasteiger partial charge in [-0.15, -0.1) is 0 Å². The highest BCUT2D eigenvalue weighted by molar-refractivity contribution is 5.90. The average Bonchev–Trinajstić information content (AvgIpc) is 2.63. The topological polar surface area (TPSA) is 57.5 Å². The molecule has 0 bridgehead atoms. The Balaban J connectivity index is 1.94. The van der Waals surface area contributed by atoms with Crippen molar-refractivity contribution in [2.45, 2.75) is 103 Å². The largest absolute Gasteiger partial charge is 0.507 e. The van der Waals surface area contributed by atoms with Gasteiger partial charge in [0, 0.05) is 0 Å². The molecule has 0 aromatic heterocycles. The Kier molecular flexibility index (Phi) is 12.7. The lowest BCUT2D eigenvalue weighted by molar-refractivity contribution is 0.0693. The van der Waals surface area contributed by atoms with E-state index in [9.17, 15) is 9.90 Å². The van der Waals surface area contributed by atoms with Crippen LogP contribution in [0.25, 0.3) is 0 Å². The number of aromatic hydroxyl groups is 1. The summed E-state index contributed by atoms with van der Waals surface area (Å²) in [6, 6.07) is 4.91. The maximum Gasteiger partial charge on any atom is 0.339 e. The van der Waals surface area contributed by atoms with Gasteiger partial charge in [0.2, 0.25) is 0 Å². The number of carboxylic acid groups (broad SMARTS) is 1. The Labute approximate surface area is 159 Å². The van der Waals surface area contributed by atoms with Crippen LogP contribution in [0.2, 0.25) is 0 Å². The molecule has 3 heteroatoms. The van der Waals surface area contributed by atoms with Crippen LogP contribution < -0.4 is 0 Å². The smallest absolute Gasteiger partial charge is 0.339 e. The fraction of sp³-hybridized carbons (Fsp3) is 0.696. The molecule has 0 amide bonds. The minimum absolute atomic E-state index is 0.00728. The van der Waals surface area contributed by atoms with Crippen LogP contribution in [-0.2, 0) is 6.42 Å². The van der Waals surface area contributed by atoms with Crippen molar-refractivity contribution in [1.82, 2.24) is 0 Å². The molecule has 0 saturated heterocycles. The van der Waals surface area contributed by atoms with Gasteiger partial charge in [-0.3, -0.25) is 0 Å². The molecule has 0 aliphatic rings. The van der Waals surface area contributed by atoms with Crippen molar-refractivity contribution in [2.75, 3.05) is 0 Å². The number of carboxylic acids is 1. The van der Waals surface area contributed by atoms with Gasteiger partial charge in [0.25, 0.3) is 0 Å². The minimum atomic E-state index is -1.06. The van der Waals surface area contributed by atoms with Crippen LogP contribution in [0.3, 0.4) is 0 Å². The molecule has 0 spiro atoms. The molecule has 0 unspecified atom stereocenters. The van der Waals surface area contributed by atoms with E-state index in [-0.39, 0.29) is 11.3 Å². The number of unbranched alkanes of at least 4 members (excludes halogenated alkanes) is 13. The van der Waals surface area contributed by atoms with E-state index >= 15 is 0 Å². The predicted octanol–water partition coefficient (Wildman–Crippen LogP) is 7.11. The first-order valence-corrected chi connectivity index (χ1v) is 10.7. The average molecular weight is 363 g/mol. The number of benzene rings is 1. The van der Waals surface area contributed by atoms with Crippen LogP contribution in [0.1, 0.15) is 113 Å². The van der Waals surface area contributed by atoms with E-state index in [1.807, 2.05) is 6.07 Å². The highest BCUT2D eigenvalue weighted by Crippen LogP contribution is 2.20. The third-order valence-electron chi connectivity index (χ3n) is 5.11. The van der Waals surface area contributed by atoms with E-state index in [4.69, 9.17) is 5.11 Å². The summed E-state index contributed by atoms with van der Waals surface area (Å²) in [4.78, 5) is 11.0. The molecule has 0 radical (unpaired) electrons. The maximum atomic E-state index is 11.0. The zero-order valence-electron chi connectivity index (χ0n) is 16.6. The van der Waals surface area contributed by atoms with E-state index in [1.54, 1.807) is 6.07 Å². The molecule has 1 rings (SSSR count). The second-order valence-corrected chi connectivity index (χ2v) is 7.50. The summed E-state index contributed by atoms with van der Waals surface area (Å²) in [5, 5.41) is 18.5. The Hall–Kier alpha value is -1.51. The zero-order chi connectivity index (χ0) is 19.0. The molecule has 0 atom stereocenters. The highest BCUT2D eigenvalue weighted by atomic mass is 16.4. The Morgan fingerprint density at radius 3 is 1.69 bits per heavy atom. The summed E-state index contributed by atoms with van der Waals surface area (Å²) in [6.07, 6.45) is 19.6. The molecule has 1 aromatic rings. The number of hydrogen-bond acceptors (Lipinski definition) is 2. The van der Waals surface area contributed by atoms with Gasteiger partial charge in [0.05, 0.1) is 0 Å². The lowest BCUT2D eigenvalue weighted by Gasteiger charge is -2.05. The molecular weight excluding hydrogens is 324 g/mol. The van der Waals surface area contributed by atoms with E-state index in [0.717, 1.165) is 18.4 Å². The van der Waals surface area contributed by atoms with E-state index in [0.29, 0.717) is 0 Å². The van der Waals surface area contributed by atoms with Gasteiger partial charge in [-0.25, -0.2) is 4.79 Å². The van der Waals surface area contributed by atoms with Gasteiger partial charge >= 0.3 is 5.97 Å². The molecule has 0 heterocycles. The first kappa shape index (κ1) is 22.5. The first-order chi connectivity index (χ1) is 12.6. The molecule has 26 heavy (non-hydrogen) atoms. The molecule has 0 aliphatic carbocycles. The van der Waals surface area contributed by atoms with Gasteiger partial charge in [-0.05, 0) is 30.5 Å². The fourth-order valence-corrected chi connectivity index (χ4v) is 3.43. The van der Waals surface area contributed by atoms with Crippen molar-refractivity contribution in [3.8, 4) is 5.75 Å². The van der Waals surface area contributed by atoms with Crippen LogP contribution in [0.5, 0.6) is 5.75 Å². The van der Waals surface area contributed by atoms with Crippen LogP contribution in [-0.4, -0.2) is 16.2 Å². The second-order valence-electron chi connectivity index (χ2n) is 7.50. The normalized spacial score (nSPS) is 11.0. The number of carbonyl (C=O) groups is 1. The van der Waals surface area contributed by atoms with E-state index in [1.165, 1.54) is 89.5 Å². The van der Waals surface area contributed by atoms with Crippen molar-refractivity contribution >= 4 is 5.97 Å². The van der Waals surface area contributed by atoms with Gasteiger partial charge < -0.3 is 10.2 Å². The van der Waals surface area contributed by atoms with Crippen LogP contribution >= 0.6 is 0 Å². The van der Waals surface area contributed by atoms with Crippen molar-refractivity contribution in [3.05, 3.63) is 29.3 Å². The molecule has 3 nitrogen and oxygen atoms in total. The fourth-order valence-electron chi connectivity index (χ4n) is 3.43. The number of aromatic carboxylic acids is 1. The molecule has 148 valence electrons. The summed E-state index contributed by atoms with van der Waals surface area (Å²) in [5.41, 5.74) is 1.01. The second kappa shape index (κ2) is 14.6. The third-order valence-corrected chi connectivity index (χ3v) is 5.11. The van der Waals surface area contributed by atoms with Crippen LogP contribution in [0, 0.1) is 0 Å². The SMILES string of the molecule is CCCCCCCCCCCCCCCCc1ccc(O)c(C(=O)O)c1. The monoisotopic (exact) mass is 362 g/mol. The molecule has 0 saturated carbocycles. The summed E-state index contributed by atoms with van der Waals surface area (Å²) in [6.45, 7) is 2.27. The standard InChI is InChI=1S/C23H38O3/c1-2-3-4-5-6-7-8-9-10-11-12-13-14-15-16-20-17-18-22(24)21(19-20)23(25)26/h17-19,24H,2-16H2,1H3,(H,25,26). The van der Waals surface area contributed by atoms with Gasteiger partial charge in [0.15, 0.2) is 0 Å². The first-order valence-electron chi connectivity index (χ1n) is 10.7. The Bertz CT molecular complexity index is 496. The minimum Gasteiger partial charge on any atom is -0.507 e. The van der Waals surface area contributed by atoms with Gasteiger partial charge in [0.1, 0.15) is 11.3 Å². The molecule has 0 aliphatic heterocycles. The summed E-state index contributed by atoms with van der Waals surface area (Å²) in [7, 11) is 0. The predicted molar refractivity (Wildman–Crippen MR) is 109 cm³/mol. The lowest BCUT2D eigenvalue weighted by Crippen LogP contribution is -1.98. The van der Waals surface area contributed by atoms with Gasteiger partial charge in [-0.2, -0.15) is 0 Å². The zero-order valence-corrected chi connectivity index (χ0v) is 16.6. The third kappa shape index (κ3) is 10.5. The summed E-state index contributed by atoms with van der Waals surface area (Å²) >= 11 is 0. The van der Waals surface area contributed by atoms with Crippen LogP contribution in [0.15, 0.2) is 18.2 Å². The number of phenols is 1. The molecule has 1 aromatic carbocycles. The Morgan fingerprint density at radius 1 is 0.769 bits per heavy atom. The summed E-state index contributed by atoms with van der Waals surface area (Å²) < 4.78 is 0. The van der Waals surface area contributed by atoms with Crippen LogP contribution in [0.4, 0.5) is 0 Å². The molecule has 2 N–H and O–H groups in total. The number of hydrogen-bond donors (Lipinski definition) is 2. The molecule has 0 fully saturated rings. The van der Waals surface area contributed by atoms with Crippen molar-refractivity contribution in [3.63, 3.8) is 0 Å². The molecular formula is C23H38O3. The Morgan fingerprint density at radius 2 is 1.23 bits per heavy atom. The quantitative estimate of drug-likeness (QED) is 0.308. The number of rotatable bonds is 16. The summed E-state index contributed by atoms with van der Waals surface area (Å²) in [5.74, 6) is -1.22. The number of aryl methyl sites for hydroxylation is 1. The lowest BCUT2D eigenvalue weighted by atomic mass is 10.0.